The first-order valence-corrected chi connectivity index (χ1v) is 14.3. The van der Waals surface area contributed by atoms with Gasteiger partial charge in [-0.25, -0.2) is 4.39 Å². The number of piperazine rings is 1. The predicted octanol–water partition coefficient (Wildman–Crippen LogP) is 3.32. The van der Waals surface area contributed by atoms with Crippen molar-refractivity contribution in [2.45, 2.75) is 26.2 Å². The first-order valence-electron chi connectivity index (χ1n) is 14.3. The summed E-state index contributed by atoms with van der Waals surface area (Å²) in [5.74, 6) is 0.344. The van der Waals surface area contributed by atoms with Crippen molar-refractivity contribution in [2.75, 3.05) is 78.1 Å². The monoisotopic (exact) mass is 568 g/mol. The number of benzene rings is 2. The zero-order chi connectivity index (χ0) is 29.2. The van der Waals surface area contributed by atoms with Gasteiger partial charge in [0, 0.05) is 77.5 Å². The Kier molecular flexibility index (Phi) is 11.1. The van der Waals surface area contributed by atoms with Gasteiger partial charge in [0.1, 0.15) is 11.6 Å². The molecule has 0 radical (unpaired) electrons. The van der Waals surface area contributed by atoms with Crippen molar-refractivity contribution in [1.29, 1.82) is 0 Å². The number of ether oxygens (including phenoxy) is 3. The summed E-state index contributed by atoms with van der Waals surface area (Å²) in [4.78, 5) is 31.2. The Morgan fingerprint density at radius 3 is 2.39 bits per heavy atom. The third-order valence-electron chi connectivity index (χ3n) is 7.47. The number of esters is 1. The summed E-state index contributed by atoms with van der Waals surface area (Å²) in [5.41, 5.74) is 2.93. The molecule has 0 spiro atoms. The first kappa shape index (κ1) is 30.5. The number of halogens is 1. The van der Waals surface area contributed by atoms with Gasteiger partial charge >= 0.3 is 5.97 Å². The van der Waals surface area contributed by atoms with E-state index in [0.29, 0.717) is 56.1 Å². The van der Waals surface area contributed by atoms with Crippen molar-refractivity contribution in [3.05, 3.63) is 59.5 Å². The minimum Gasteiger partial charge on any atom is -0.497 e. The van der Waals surface area contributed by atoms with E-state index in [1.165, 1.54) is 12.1 Å². The molecule has 2 aromatic carbocycles. The molecule has 2 heterocycles. The highest BCUT2D eigenvalue weighted by molar-refractivity contribution is 5.83. The number of carbonyl (C=O) groups is 2. The molecule has 1 saturated heterocycles. The summed E-state index contributed by atoms with van der Waals surface area (Å²) in [5, 5.41) is 3.03. The fraction of sp³-hybridized carbons (Fsp3) is 0.484. The molecule has 2 aliphatic heterocycles. The van der Waals surface area contributed by atoms with Crippen molar-refractivity contribution in [3.8, 4) is 11.5 Å². The van der Waals surface area contributed by atoms with E-state index in [1.54, 1.807) is 21.1 Å². The molecule has 41 heavy (non-hydrogen) atoms. The second kappa shape index (κ2) is 15.0. The molecule has 1 amide bonds. The van der Waals surface area contributed by atoms with Crippen LogP contribution in [0.5, 0.6) is 11.5 Å². The van der Waals surface area contributed by atoms with Crippen molar-refractivity contribution >= 4 is 23.1 Å². The maximum Gasteiger partial charge on any atom is 0.310 e. The minimum atomic E-state index is -0.379. The van der Waals surface area contributed by atoms with E-state index in [9.17, 15) is 9.59 Å². The largest absolute Gasteiger partial charge is 0.497 e. The molecule has 0 bridgehead atoms. The average Bonchev–Trinajstić information content (AvgIpc) is 3.00. The molecule has 0 aromatic heterocycles. The number of carbonyl (C=O) groups excluding carboxylic acids is 2. The molecule has 4 rings (SSSR count). The number of hydrogen-bond donors (Lipinski definition) is 1. The van der Waals surface area contributed by atoms with E-state index in [1.807, 2.05) is 35.4 Å². The number of hydrogen-bond acceptors (Lipinski definition) is 8. The molecule has 0 atom stereocenters. The lowest BCUT2D eigenvalue weighted by Gasteiger charge is -2.34. The van der Waals surface area contributed by atoms with Crippen LogP contribution in [0.2, 0.25) is 0 Å². The molecule has 1 fully saturated rings. The maximum absolute atomic E-state index is 15.2. The van der Waals surface area contributed by atoms with Gasteiger partial charge in [-0.1, -0.05) is 19.1 Å². The average molecular weight is 569 g/mol. The summed E-state index contributed by atoms with van der Waals surface area (Å²) < 4.78 is 31.2. The number of anilines is 1. The van der Waals surface area contributed by atoms with Crippen molar-refractivity contribution < 1.29 is 28.2 Å². The number of amides is 1. The molecule has 9 nitrogen and oxygen atoms in total. The Morgan fingerprint density at radius 2 is 1.71 bits per heavy atom. The third kappa shape index (κ3) is 8.28. The molecular weight excluding hydrogens is 527 g/mol. The second-order valence-corrected chi connectivity index (χ2v) is 10.3. The Balaban J connectivity index is 1.40. The number of methoxy groups -OCH3 is 2. The van der Waals surface area contributed by atoms with Crippen LogP contribution in [0.1, 0.15) is 30.9 Å². The summed E-state index contributed by atoms with van der Waals surface area (Å²) >= 11 is 0. The topological polar surface area (TPSA) is 83.6 Å². The van der Waals surface area contributed by atoms with Gasteiger partial charge in [-0.15, -0.1) is 0 Å². The van der Waals surface area contributed by atoms with E-state index in [-0.39, 0.29) is 24.1 Å². The predicted molar refractivity (Wildman–Crippen MR) is 157 cm³/mol. The Bertz CT molecular complexity index is 1210. The number of allylic oxidation sites excluding steroid dienone is 1. The molecule has 2 aromatic rings. The van der Waals surface area contributed by atoms with Crippen LogP contribution >= 0.6 is 0 Å². The standard InChI is InChI=1S/C31H41FN4O5/c1-4-30(38)41-28-11-10-27(32)26-20-24(23-6-8-25(40-3)9-7-23)21-36(31(26)28)13-5-12-33-29(37)22-35-16-14-34(15-17-35)18-19-39-2/h6-11,21H,4-5,12-20,22H2,1-3H3,(H,33,37). The highest BCUT2D eigenvalue weighted by Gasteiger charge is 2.26. The zero-order valence-electron chi connectivity index (χ0n) is 24.3. The summed E-state index contributed by atoms with van der Waals surface area (Å²) in [6.45, 7) is 8.26. The summed E-state index contributed by atoms with van der Waals surface area (Å²) in [6, 6.07) is 10.5. The summed E-state index contributed by atoms with van der Waals surface area (Å²) in [7, 11) is 3.32. The number of fused-ring (bicyclic) bond motifs is 1. The number of nitrogens with zero attached hydrogens (tertiary/aromatic N) is 3. The van der Waals surface area contributed by atoms with Gasteiger partial charge in [0.2, 0.25) is 5.91 Å². The highest BCUT2D eigenvalue weighted by Crippen LogP contribution is 2.41. The van der Waals surface area contributed by atoms with Gasteiger partial charge in [-0.05, 0) is 41.8 Å². The second-order valence-electron chi connectivity index (χ2n) is 10.3. The van der Waals surface area contributed by atoms with Crippen LogP contribution in [0.3, 0.4) is 0 Å². The molecule has 0 saturated carbocycles. The van der Waals surface area contributed by atoms with Crippen LogP contribution < -0.4 is 19.7 Å². The third-order valence-corrected chi connectivity index (χ3v) is 7.47. The van der Waals surface area contributed by atoms with Crippen LogP contribution in [0.4, 0.5) is 10.1 Å². The van der Waals surface area contributed by atoms with Crippen LogP contribution in [0.15, 0.2) is 42.6 Å². The number of rotatable bonds is 13. The van der Waals surface area contributed by atoms with Gasteiger partial charge in [-0.3, -0.25) is 19.4 Å². The number of nitrogens with one attached hydrogen (secondary N) is 1. The van der Waals surface area contributed by atoms with Crippen LogP contribution in [-0.4, -0.2) is 94.9 Å². The molecule has 222 valence electrons. The normalized spacial score (nSPS) is 15.7. The van der Waals surface area contributed by atoms with E-state index >= 15 is 4.39 Å². The van der Waals surface area contributed by atoms with Crippen LogP contribution in [0.25, 0.3) is 5.57 Å². The Labute approximate surface area is 241 Å². The lowest BCUT2D eigenvalue weighted by Crippen LogP contribution is -2.50. The first-order chi connectivity index (χ1) is 19.9. The zero-order valence-corrected chi connectivity index (χ0v) is 24.3. The van der Waals surface area contributed by atoms with Crippen LogP contribution in [0, 0.1) is 5.82 Å². The molecule has 10 heteroatoms. The fourth-order valence-electron chi connectivity index (χ4n) is 5.12. The SMILES string of the molecule is CCC(=O)Oc1ccc(F)c2c1N(CCCNC(=O)CN1CCN(CCOC)CC1)C=C(c1ccc(OC)cc1)C2. The minimum absolute atomic E-state index is 0.00698. The lowest BCUT2D eigenvalue weighted by atomic mass is 9.93. The smallest absolute Gasteiger partial charge is 0.310 e. The Morgan fingerprint density at radius 1 is 0.976 bits per heavy atom. The van der Waals surface area contributed by atoms with Crippen LogP contribution in [-0.2, 0) is 20.7 Å². The van der Waals surface area contributed by atoms with Gasteiger partial charge in [-0.2, -0.15) is 0 Å². The molecule has 1 N–H and O–H groups in total. The highest BCUT2D eigenvalue weighted by atomic mass is 19.1. The van der Waals surface area contributed by atoms with E-state index < -0.39 is 0 Å². The van der Waals surface area contributed by atoms with Gasteiger partial charge in [0.25, 0.3) is 0 Å². The van der Waals surface area contributed by atoms with Gasteiger partial charge in [0.05, 0.1) is 25.9 Å². The molecule has 2 aliphatic rings. The molecular formula is C31H41FN4O5. The lowest BCUT2D eigenvalue weighted by molar-refractivity contribution is -0.134. The van der Waals surface area contributed by atoms with E-state index in [4.69, 9.17) is 14.2 Å². The quantitative estimate of drug-likeness (QED) is 0.224. The van der Waals surface area contributed by atoms with E-state index in [2.05, 4.69) is 15.1 Å². The fourth-order valence-corrected chi connectivity index (χ4v) is 5.12. The van der Waals surface area contributed by atoms with Gasteiger partial charge < -0.3 is 24.4 Å². The summed E-state index contributed by atoms with van der Waals surface area (Å²) in [6.07, 6.45) is 3.18. The van der Waals surface area contributed by atoms with Crippen molar-refractivity contribution in [1.82, 2.24) is 15.1 Å². The van der Waals surface area contributed by atoms with E-state index in [0.717, 1.165) is 49.6 Å². The maximum atomic E-state index is 15.2. The molecule has 0 aliphatic carbocycles. The molecule has 0 unspecified atom stereocenters. The van der Waals surface area contributed by atoms with Crippen molar-refractivity contribution in [3.63, 3.8) is 0 Å². The van der Waals surface area contributed by atoms with Crippen molar-refractivity contribution in [2.24, 2.45) is 0 Å². The Hall–Kier alpha value is -3.47. The van der Waals surface area contributed by atoms with Gasteiger partial charge in [0.15, 0.2) is 5.75 Å².